The van der Waals surface area contributed by atoms with Gasteiger partial charge < -0.3 is 14.2 Å². The second-order valence-corrected chi connectivity index (χ2v) is 20.5. The highest BCUT2D eigenvalue weighted by atomic mass is 16.6. The van der Waals surface area contributed by atoms with Crippen molar-refractivity contribution in [1.82, 2.24) is 0 Å². The first-order valence-electron chi connectivity index (χ1n) is 32.0. The summed E-state index contributed by atoms with van der Waals surface area (Å²) in [6, 6.07) is 0. The number of esters is 3. The van der Waals surface area contributed by atoms with E-state index in [2.05, 4.69) is 179 Å². The Morgan fingerprint density at radius 3 is 0.722 bits per heavy atom. The third-order valence-corrected chi connectivity index (χ3v) is 13.0. The lowest BCUT2D eigenvalue weighted by Crippen LogP contribution is -2.30. The average Bonchev–Trinajstić information content (AvgIpc) is 3.45. The van der Waals surface area contributed by atoms with Crippen molar-refractivity contribution in [3.05, 3.63) is 158 Å². The van der Waals surface area contributed by atoms with E-state index in [4.69, 9.17) is 14.2 Å². The van der Waals surface area contributed by atoms with Gasteiger partial charge in [0.05, 0.1) is 0 Å². The van der Waals surface area contributed by atoms with E-state index in [0.717, 1.165) is 167 Å². The maximum absolute atomic E-state index is 12.9. The second kappa shape index (κ2) is 65.5. The van der Waals surface area contributed by atoms with E-state index in [1.165, 1.54) is 57.8 Å². The predicted octanol–water partition coefficient (Wildman–Crippen LogP) is 22.1. The molecule has 0 aliphatic rings. The Balaban J connectivity index is 4.36. The fourth-order valence-electron chi connectivity index (χ4n) is 8.33. The molecule has 1 unspecified atom stereocenters. The predicted molar refractivity (Wildman–Crippen MR) is 343 cm³/mol. The molecule has 0 spiro atoms. The molecule has 0 aliphatic heterocycles. The number of hydrogen-bond acceptors (Lipinski definition) is 6. The lowest BCUT2D eigenvalue weighted by atomic mass is 10.1. The maximum atomic E-state index is 12.9. The molecule has 0 aromatic carbocycles. The van der Waals surface area contributed by atoms with Crippen molar-refractivity contribution in [2.45, 2.75) is 271 Å². The van der Waals surface area contributed by atoms with Gasteiger partial charge >= 0.3 is 17.9 Å². The standard InChI is InChI=1S/C73H116O6/c1-4-7-10-13-16-19-22-25-27-29-31-32-33-34-35-36-37-38-39-40-42-43-45-48-51-54-57-60-63-66-72(75)78-69-70(68-77-71(74)65-62-59-56-53-50-47-24-21-18-15-12-9-6-3)79-73(76)67-64-61-58-55-52-49-46-44-41-30-28-26-23-20-17-14-11-8-5-2/h7-12,16-21,25-28,31-32,34-35,37-38,41,44,47,50,70H,4-6,13-15,22-24,29-30,33,36,39-40,42-43,45-46,48-49,51-69H2,1-3H3/b10-7-,11-8-,12-9-,19-16-,20-17-,21-18-,27-25-,28-26-,32-31-,35-34-,38-37-,44-41-,50-47-. The minimum Gasteiger partial charge on any atom is -0.462 e. The van der Waals surface area contributed by atoms with Gasteiger partial charge in [-0.05, 0) is 141 Å². The lowest BCUT2D eigenvalue weighted by molar-refractivity contribution is -0.167. The molecular formula is C73H116O6. The van der Waals surface area contributed by atoms with Crippen LogP contribution in [0, 0.1) is 0 Å². The van der Waals surface area contributed by atoms with Crippen LogP contribution in [-0.2, 0) is 28.6 Å². The second-order valence-electron chi connectivity index (χ2n) is 20.5. The van der Waals surface area contributed by atoms with Crippen LogP contribution in [0.25, 0.3) is 0 Å². The zero-order chi connectivity index (χ0) is 57.1. The third-order valence-electron chi connectivity index (χ3n) is 13.0. The zero-order valence-corrected chi connectivity index (χ0v) is 50.8. The first-order chi connectivity index (χ1) is 39.0. The van der Waals surface area contributed by atoms with Crippen molar-refractivity contribution in [1.29, 1.82) is 0 Å². The van der Waals surface area contributed by atoms with Gasteiger partial charge in [-0.1, -0.05) is 262 Å². The normalized spacial score (nSPS) is 13.2. The number of carbonyl (C=O) groups is 3. The molecule has 0 saturated carbocycles. The van der Waals surface area contributed by atoms with Crippen LogP contribution >= 0.6 is 0 Å². The summed E-state index contributed by atoms with van der Waals surface area (Å²) >= 11 is 0. The summed E-state index contributed by atoms with van der Waals surface area (Å²) in [7, 11) is 0. The molecule has 79 heavy (non-hydrogen) atoms. The van der Waals surface area contributed by atoms with Gasteiger partial charge in [-0.2, -0.15) is 0 Å². The van der Waals surface area contributed by atoms with Crippen molar-refractivity contribution in [2.75, 3.05) is 13.2 Å². The van der Waals surface area contributed by atoms with Crippen LogP contribution in [0.4, 0.5) is 0 Å². The summed E-state index contributed by atoms with van der Waals surface area (Å²) in [6.07, 6.45) is 95.4. The van der Waals surface area contributed by atoms with Crippen molar-refractivity contribution in [3.63, 3.8) is 0 Å². The minimum atomic E-state index is -0.808. The van der Waals surface area contributed by atoms with E-state index in [1.54, 1.807) is 0 Å². The van der Waals surface area contributed by atoms with Crippen molar-refractivity contribution < 1.29 is 28.6 Å². The largest absolute Gasteiger partial charge is 0.462 e. The van der Waals surface area contributed by atoms with Gasteiger partial charge in [0.25, 0.3) is 0 Å². The first-order valence-corrected chi connectivity index (χ1v) is 32.0. The van der Waals surface area contributed by atoms with Gasteiger partial charge in [-0.15, -0.1) is 0 Å². The molecule has 0 amide bonds. The van der Waals surface area contributed by atoms with Crippen LogP contribution in [0.15, 0.2) is 158 Å². The van der Waals surface area contributed by atoms with Crippen LogP contribution in [0.5, 0.6) is 0 Å². The van der Waals surface area contributed by atoms with Crippen molar-refractivity contribution in [3.8, 4) is 0 Å². The molecule has 0 saturated heterocycles. The van der Waals surface area contributed by atoms with Crippen LogP contribution < -0.4 is 0 Å². The number of unbranched alkanes of at least 4 members (excludes halogenated alkanes) is 19. The molecule has 0 aromatic rings. The van der Waals surface area contributed by atoms with Crippen LogP contribution in [0.2, 0.25) is 0 Å². The highest BCUT2D eigenvalue weighted by Crippen LogP contribution is 2.15. The molecule has 0 fully saturated rings. The fourth-order valence-corrected chi connectivity index (χ4v) is 8.33. The lowest BCUT2D eigenvalue weighted by Gasteiger charge is -2.18. The average molecular weight is 1090 g/mol. The Morgan fingerprint density at radius 1 is 0.253 bits per heavy atom. The molecule has 0 aromatic heterocycles. The minimum absolute atomic E-state index is 0.102. The molecule has 0 heterocycles. The molecule has 6 heteroatoms. The van der Waals surface area contributed by atoms with E-state index in [1.807, 2.05) is 0 Å². The van der Waals surface area contributed by atoms with E-state index < -0.39 is 6.10 Å². The molecule has 1 atom stereocenters. The summed E-state index contributed by atoms with van der Waals surface area (Å²) in [6.45, 7) is 6.26. The van der Waals surface area contributed by atoms with Crippen molar-refractivity contribution >= 4 is 17.9 Å². The van der Waals surface area contributed by atoms with Gasteiger partial charge in [0.15, 0.2) is 6.10 Å². The fraction of sp³-hybridized carbons (Fsp3) is 0.603. The monoisotopic (exact) mass is 1090 g/mol. The smallest absolute Gasteiger partial charge is 0.306 e. The van der Waals surface area contributed by atoms with Gasteiger partial charge in [-0.25, -0.2) is 0 Å². The van der Waals surface area contributed by atoms with Gasteiger partial charge in [0.1, 0.15) is 13.2 Å². The molecule has 0 N–H and O–H groups in total. The first kappa shape index (κ1) is 74.0. The van der Waals surface area contributed by atoms with Gasteiger partial charge in [0, 0.05) is 19.3 Å². The van der Waals surface area contributed by atoms with Crippen molar-refractivity contribution in [2.24, 2.45) is 0 Å². The highest BCUT2D eigenvalue weighted by molar-refractivity contribution is 5.71. The number of hydrogen-bond donors (Lipinski definition) is 0. The maximum Gasteiger partial charge on any atom is 0.306 e. The Hall–Kier alpha value is -4.97. The van der Waals surface area contributed by atoms with E-state index in [0.29, 0.717) is 19.3 Å². The van der Waals surface area contributed by atoms with Gasteiger partial charge in [0.2, 0.25) is 0 Å². The number of carbonyl (C=O) groups excluding carboxylic acids is 3. The molecule has 444 valence electrons. The summed E-state index contributed by atoms with van der Waals surface area (Å²) in [4.78, 5) is 38.3. The number of allylic oxidation sites excluding steroid dienone is 26. The summed E-state index contributed by atoms with van der Waals surface area (Å²) in [5.74, 6) is -0.953. The number of ether oxygens (including phenoxy) is 3. The Morgan fingerprint density at radius 2 is 0.456 bits per heavy atom. The summed E-state index contributed by atoms with van der Waals surface area (Å²) < 4.78 is 16.9. The topological polar surface area (TPSA) is 78.9 Å². The Kier molecular flexibility index (Phi) is 61.4. The molecular weight excluding hydrogens is 973 g/mol. The molecule has 6 nitrogen and oxygen atoms in total. The number of rotatable bonds is 56. The van der Waals surface area contributed by atoms with Crippen LogP contribution in [-0.4, -0.2) is 37.2 Å². The molecule has 0 bridgehead atoms. The van der Waals surface area contributed by atoms with E-state index in [-0.39, 0.29) is 31.1 Å². The molecule has 0 rings (SSSR count). The van der Waals surface area contributed by atoms with E-state index in [9.17, 15) is 14.4 Å². The van der Waals surface area contributed by atoms with Crippen LogP contribution in [0.3, 0.4) is 0 Å². The Bertz CT molecular complexity index is 1780. The van der Waals surface area contributed by atoms with Gasteiger partial charge in [-0.3, -0.25) is 14.4 Å². The Labute approximate surface area is 486 Å². The highest BCUT2D eigenvalue weighted by Gasteiger charge is 2.19. The summed E-state index contributed by atoms with van der Waals surface area (Å²) in [5.41, 5.74) is 0. The third kappa shape index (κ3) is 63.7. The van der Waals surface area contributed by atoms with Crippen LogP contribution in [0.1, 0.15) is 265 Å². The summed E-state index contributed by atoms with van der Waals surface area (Å²) in [5, 5.41) is 0. The molecule has 0 aliphatic carbocycles. The van der Waals surface area contributed by atoms with E-state index >= 15 is 0 Å². The quantitative estimate of drug-likeness (QED) is 0.0261. The zero-order valence-electron chi connectivity index (χ0n) is 50.8. The molecule has 0 radical (unpaired) electrons. The SMILES string of the molecule is CC/C=C\C/C=C\C/C=C\C/C=C\C/C=C\C/C=C\CCCCCCCCCCCCC(=O)OCC(COC(=O)CCCCC/C=C\C/C=C\C/C=C\CC)OC(=O)CCCCCCCC/C=C\C/C=C\C/C=C\C/C=C\CC.